The van der Waals surface area contributed by atoms with E-state index in [0.717, 1.165) is 38.0 Å². The summed E-state index contributed by atoms with van der Waals surface area (Å²) in [5.74, 6) is 0. The molecule has 3 heteroatoms. The van der Waals surface area contributed by atoms with Gasteiger partial charge in [0.2, 0.25) is 0 Å². The zero-order chi connectivity index (χ0) is 19.3. The van der Waals surface area contributed by atoms with Crippen LogP contribution in [0.1, 0.15) is 33.1 Å². The normalized spacial score (nSPS) is 15.0. The summed E-state index contributed by atoms with van der Waals surface area (Å²) >= 11 is 0. The Balaban J connectivity index is 1.54. The number of aryl methyl sites for hydroxylation is 1. The van der Waals surface area contributed by atoms with E-state index in [4.69, 9.17) is 0 Å². The topological polar surface area (TPSA) is 24.8 Å². The van der Waals surface area contributed by atoms with Gasteiger partial charge in [-0.2, -0.15) is 0 Å². The van der Waals surface area contributed by atoms with Crippen LogP contribution in [0.2, 0.25) is 0 Å². The highest BCUT2D eigenvalue weighted by atomic mass is 16.1. The van der Waals surface area contributed by atoms with E-state index in [2.05, 4.69) is 78.6 Å². The minimum absolute atomic E-state index is 0.364. The molecule has 3 aromatic carbocycles. The van der Waals surface area contributed by atoms with Gasteiger partial charge in [-0.15, -0.1) is 0 Å². The Morgan fingerprint density at radius 1 is 0.857 bits per heavy atom. The molecule has 1 aliphatic rings. The first-order valence-electron chi connectivity index (χ1n) is 10.0. The third-order valence-electron chi connectivity index (χ3n) is 5.78. The van der Waals surface area contributed by atoms with Crippen LogP contribution in [-0.4, -0.2) is 32.5 Å². The predicted molar refractivity (Wildman–Crippen MR) is 114 cm³/mol. The molecule has 0 aromatic heterocycles. The van der Waals surface area contributed by atoms with Crippen LogP contribution in [0, 0.1) is 6.92 Å². The molecule has 142 valence electrons. The fourth-order valence-electron chi connectivity index (χ4n) is 4.39. The Kier molecular flexibility index (Phi) is 5.54. The molecule has 1 heterocycles. The summed E-state index contributed by atoms with van der Waals surface area (Å²) in [6.07, 6.45) is 0.920. The smallest absolute Gasteiger partial charge is 0.150 e. The van der Waals surface area contributed by atoms with Crippen LogP contribution >= 0.6 is 0 Å². The Labute approximate surface area is 167 Å². The van der Waals surface area contributed by atoms with Crippen molar-refractivity contribution in [3.05, 3.63) is 101 Å². The van der Waals surface area contributed by atoms with Crippen LogP contribution in [0.5, 0.6) is 0 Å². The van der Waals surface area contributed by atoms with E-state index in [1.807, 2.05) is 12.1 Å². The lowest BCUT2D eigenvalue weighted by atomic mass is 9.96. The second kappa shape index (κ2) is 8.41. The molecule has 1 N–H and O–H groups in total. The van der Waals surface area contributed by atoms with Crippen molar-refractivity contribution in [2.24, 2.45) is 0 Å². The maximum atomic E-state index is 11.0. The minimum atomic E-state index is 0.364. The van der Waals surface area contributed by atoms with Crippen molar-refractivity contribution in [2.45, 2.75) is 13.0 Å². The standard InChI is InChI=1S/C25H26N2O/c1-20-18-21(19-28)12-13-24(20)26-14-16-27(17-15-26)25(22-8-4-2-5-9-22)23-10-6-3-7-11-23/h2-13,18-19,25H,14-17H2,1H3/p+1. The number of carbonyl (C=O) groups is 1. The van der Waals surface area contributed by atoms with Crippen molar-refractivity contribution in [3.8, 4) is 0 Å². The Morgan fingerprint density at radius 2 is 1.43 bits per heavy atom. The molecule has 0 unspecified atom stereocenters. The third-order valence-corrected chi connectivity index (χ3v) is 5.78. The van der Waals surface area contributed by atoms with Gasteiger partial charge in [0.15, 0.2) is 0 Å². The van der Waals surface area contributed by atoms with Crippen LogP contribution in [0.4, 0.5) is 5.69 Å². The van der Waals surface area contributed by atoms with Crippen LogP contribution in [0.3, 0.4) is 0 Å². The monoisotopic (exact) mass is 371 g/mol. The number of hydrogen-bond acceptors (Lipinski definition) is 2. The molecule has 3 nitrogen and oxygen atoms in total. The van der Waals surface area contributed by atoms with E-state index in [1.54, 1.807) is 4.90 Å². The van der Waals surface area contributed by atoms with E-state index in [1.165, 1.54) is 22.4 Å². The van der Waals surface area contributed by atoms with Gasteiger partial charge in [0.1, 0.15) is 12.3 Å². The summed E-state index contributed by atoms with van der Waals surface area (Å²) in [6.45, 7) is 6.31. The molecule has 0 atom stereocenters. The molecule has 0 bridgehead atoms. The van der Waals surface area contributed by atoms with Gasteiger partial charge in [0, 0.05) is 22.4 Å². The summed E-state index contributed by atoms with van der Waals surface area (Å²) in [6, 6.07) is 28.1. The van der Waals surface area contributed by atoms with Gasteiger partial charge in [0.25, 0.3) is 0 Å². The number of nitrogens with zero attached hydrogens (tertiary/aromatic N) is 1. The Morgan fingerprint density at radius 3 is 1.93 bits per heavy atom. The molecule has 0 amide bonds. The first kappa shape index (κ1) is 18.5. The van der Waals surface area contributed by atoms with E-state index >= 15 is 0 Å². The van der Waals surface area contributed by atoms with Crippen molar-refractivity contribution in [1.29, 1.82) is 0 Å². The minimum Gasteiger partial charge on any atom is -0.360 e. The maximum Gasteiger partial charge on any atom is 0.150 e. The predicted octanol–water partition coefficient (Wildman–Crippen LogP) is 3.30. The SMILES string of the molecule is Cc1cc(C=O)ccc1N1CC[NH+](C(c2ccccc2)c2ccccc2)CC1. The molecule has 4 rings (SSSR count). The second-order valence-corrected chi connectivity index (χ2v) is 7.56. The maximum absolute atomic E-state index is 11.0. The second-order valence-electron chi connectivity index (χ2n) is 7.56. The highest BCUT2D eigenvalue weighted by Crippen LogP contribution is 2.23. The van der Waals surface area contributed by atoms with Crippen LogP contribution < -0.4 is 9.80 Å². The highest BCUT2D eigenvalue weighted by Gasteiger charge is 2.30. The van der Waals surface area contributed by atoms with Crippen molar-refractivity contribution in [3.63, 3.8) is 0 Å². The van der Waals surface area contributed by atoms with Crippen molar-refractivity contribution >= 4 is 12.0 Å². The fourth-order valence-corrected chi connectivity index (χ4v) is 4.39. The number of anilines is 1. The van der Waals surface area contributed by atoms with Gasteiger partial charge in [-0.3, -0.25) is 4.79 Å². The molecule has 0 aliphatic carbocycles. The Bertz CT molecular complexity index is 876. The number of piperazine rings is 1. The number of quaternary nitrogens is 1. The summed E-state index contributed by atoms with van der Waals surface area (Å²) in [4.78, 5) is 15.1. The van der Waals surface area contributed by atoms with E-state index in [9.17, 15) is 4.79 Å². The van der Waals surface area contributed by atoms with Gasteiger partial charge < -0.3 is 9.80 Å². The highest BCUT2D eigenvalue weighted by molar-refractivity contribution is 5.77. The van der Waals surface area contributed by atoms with Crippen molar-refractivity contribution in [1.82, 2.24) is 0 Å². The van der Waals surface area contributed by atoms with E-state index in [0.29, 0.717) is 6.04 Å². The quantitative estimate of drug-likeness (QED) is 0.696. The lowest BCUT2D eigenvalue weighted by Gasteiger charge is -2.38. The average molecular weight is 372 g/mol. The van der Waals surface area contributed by atoms with Gasteiger partial charge in [-0.25, -0.2) is 0 Å². The number of aldehydes is 1. The molecular formula is C25H27N2O+. The number of hydrogen-bond donors (Lipinski definition) is 1. The molecule has 0 saturated carbocycles. The molecular weight excluding hydrogens is 344 g/mol. The van der Waals surface area contributed by atoms with Crippen LogP contribution in [-0.2, 0) is 0 Å². The molecule has 1 saturated heterocycles. The van der Waals surface area contributed by atoms with Crippen molar-refractivity contribution in [2.75, 3.05) is 31.1 Å². The van der Waals surface area contributed by atoms with Crippen LogP contribution in [0.25, 0.3) is 0 Å². The van der Waals surface area contributed by atoms with E-state index < -0.39 is 0 Å². The van der Waals surface area contributed by atoms with Gasteiger partial charge >= 0.3 is 0 Å². The molecule has 0 spiro atoms. The summed E-state index contributed by atoms with van der Waals surface area (Å²) in [5.41, 5.74) is 5.93. The number of rotatable bonds is 5. The summed E-state index contributed by atoms with van der Waals surface area (Å²) in [7, 11) is 0. The first-order valence-corrected chi connectivity index (χ1v) is 10.0. The van der Waals surface area contributed by atoms with Gasteiger partial charge in [0.05, 0.1) is 26.2 Å². The summed E-state index contributed by atoms with van der Waals surface area (Å²) < 4.78 is 0. The zero-order valence-electron chi connectivity index (χ0n) is 16.3. The number of benzene rings is 3. The average Bonchev–Trinajstić information content (AvgIpc) is 2.76. The molecule has 1 fully saturated rings. The third kappa shape index (κ3) is 3.85. The first-order chi connectivity index (χ1) is 13.8. The van der Waals surface area contributed by atoms with E-state index in [-0.39, 0.29) is 0 Å². The number of nitrogens with one attached hydrogen (secondary N) is 1. The van der Waals surface area contributed by atoms with Gasteiger partial charge in [-0.1, -0.05) is 60.7 Å². The summed E-state index contributed by atoms with van der Waals surface area (Å²) in [5, 5.41) is 0. The lowest BCUT2D eigenvalue weighted by Crippen LogP contribution is -3.15. The Hall–Kier alpha value is -2.91. The van der Waals surface area contributed by atoms with Crippen molar-refractivity contribution < 1.29 is 9.69 Å². The largest absolute Gasteiger partial charge is 0.360 e. The number of carbonyl (C=O) groups excluding carboxylic acids is 1. The fraction of sp³-hybridized carbons (Fsp3) is 0.240. The molecule has 3 aromatic rings. The van der Waals surface area contributed by atoms with Crippen LogP contribution in [0.15, 0.2) is 78.9 Å². The lowest BCUT2D eigenvalue weighted by molar-refractivity contribution is -0.926. The zero-order valence-corrected chi connectivity index (χ0v) is 16.3. The van der Waals surface area contributed by atoms with Gasteiger partial charge in [-0.05, 0) is 30.7 Å². The molecule has 0 radical (unpaired) electrons. The molecule has 1 aliphatic heterocycles. The molecule has 28 heavy (non-hydrogen) atoms.